The van der Waals surface area contributed by atoms with Gasteiger partial charge in [-0.15, -0.1) is 0 Å². The average molecular weight is 627 g/mol. The maximum Gasteiger partial charge on any atom is 0.416 e. The monoisotopic (exact) mass is 626 g/mol. The molecule has 2 aliphatic heterocycles. The van der Waals surface area contributed by atoms with E-state index in [2.05, 4.69) is 5.32 Å². The van der Waals surface area contributed by atoms with Crippen molar-refractivity contribution < 1.29 is 32.3 Å². The van der Waals surface area contributed by atoms with Crippen LogP contribution in [0.4, 0.5) is 18.0 Å². The molecule has 3 amide bonds. The lowest BCUT2D eigenvalue weighted by molar-refractivity contribution is -0.139. The number of alkyl halides is 3. The Kier molecular flexibility index (Phi) is 9.74. The van der Waals surface area contributed by atoms with E-state index in [0.717, 1.165) is 12.1 Å². The zero-order chi connectivity index (χ0) is 30.8. The van der Waals surface area contributed by atoms with Crippen molar-refractivity contribution in [3.05, 3.63) is 80.5 Å². The van der Waals surface area contributed by atoms with Crippen molar-refractivity contribution in [2.75, 3.05) is 39.3 Å². The summed E-state index contributed by atoms with van der Waals surface area (Å²) in [6, 6.07) is 7.52. The van der Waals surface area contributed by atoms with Crippen LogP contribution in [0.3, 0.4) is 0 Å². The van der Waals surface area contributed by atoms with Gasteiger partial charge in [-0.05, 0) is 56.7 Å². The van der Waals surface area contributed by atoms with Gasteiger partial charge in [-0.3, -0.25) is 14.6 Å². The Morgan fingerprint density at radius 3 is 2.36 bits per heavy atom. The Hall–Kier alpha value is -3.28. The molecule has 13 heteroatoms. The number of carbonyl (C=O) groups is 3. The normalized spacial score (nSPS) is 20.0. The van der Waals surface area contributed by atoms with Crippen molar-refractivity contribution in [3.8, 4) is 0 Å². The summed E-state index contributed by atoms with van der Waals surface area (Å²) in [6.45, 7) is 7.02. The van der Waals surface area contributed by atoms with Gasteiger partial charge in [-0.25, -0.2) is 9.59 Å². The Morgan fingerprint density at radius 1 is 1.07 bits per heavy atom. The van der Waals surface area contributed by atoms with Crippen molar-refractivity contribution in [2.45, 2.75) is 39.0 Å². The first kappa shape index (κ1) is 31.7. The van der Waals surface area contributed by atoms with Gasteiger partial charge in [0.05, 0.1) is 33.8 Å². The number of ether oxygens (including phenoxy) is 1. The van der Waals surface area contributed by atoms with Crippen LogP contribution in [0.2, 0.25) is 10.0 Å². The van der Waals surface area contributed by atoms with Gasteiger partial charge in [-0.2, -0.15) is 13.2 Å². The Bertz CT molecular complexity index is 1380. The smallest absolute Gasteiger partial charge is 0.416 e. The molecule has 1 saturated heterocycles. The molecule has 4 rings (SSSR count). The van der Waals surface area contributed by atoms with E-state index in [1.54, 1.807) is 36.9 Å². The van der Waals surface area contributed by atoms with Gasteiger partial charge in [-0.1, -0.05) is 35.3 Å². The maximum absolute atomic E-state index is 13.4. The fourth-order valence-electron chi connectivity index (χ4n) is 5.29. The summed E-state index contributed by atoms with van der Waals surface area (Å²) in [5.74, 6) is -0.971. The zero-order valence-electron chi connectivity index (χ0n) is 23.3. The van der Waals surface area contributed by atoms with Crippen LogP contribution in [0.5, 0.6) is 0 Å². The average Bonchev–Trinajstić information content (AvgIpc) is 2.94. The fraction of sp³-hybridized carbons (Fsp3) is 0.414. The molecule has 0 aliphatic carbocycles. The van der Waals surface area contributed by atoms with Crippen LogP contribution in [-0.2, 0) is 15.7 Å². The lowest BCUT2D eigenvalue weighted by atomic mass is 9.93. The van der Waals surface area contributed by atoms with Crippen LogP contribution in [-0.4, -0.2) is 78.0 Å². The second-order valence-electron chi connectivity index (χ2n) is 10.0. The number of amides is 3. The highest BCUT2D eigenvalue weighted by atomic mass is 35.5. The summed E-state index contributed by atoms with van der Waals surface area (Å²) in [4.78, 5) is 44.9. The summed E-state index contributed by atoms with van der Waals surface area (Å²) in [5, 5.41) is 3.34. The Morgan fingerprint density at radius 2 is 1.76 bits per heavy atom. The maximum atomic E-state index is 13.4. The summed E-state index contributed by atoms with van der Waals surface area (Å²) >= 11 is 12.8. The first-order valence-electron chi connectivity index (χ1n) is 13.5. The second-order valence-corrected chi connectivity index (χ2v) is 10.8. The SMILES string of the molecule is CCOC(=O)C1=C(CN2CCN(C(=O)c3ccc(C(F)(F)F)cc3)[C@H](C)C2)N(CC)C(=O)N[C@H]1c1cccc(Cl)c1Cl. The fourth-order valence-corrected chi connectivity index (χ4v) is 5.71. The first-order chi connectivity index (χ1) is 19.9. The van der Waals surface area contributed by atoms with Crippen molar-refractivity contribution >= 4 is 41.1 Å². The largest absolute Gasteiger partial charge is 0.463 e. The van der Waals surface area contributed by atoms with Gasteiger partial charge in [0.25, 0.3) is 5.91 Å². The van der Waals surface area contributed by atoms with Crippen molar-refractivity contribution in [2.24, 2.45) is 0 Å². The number of hydrogen-bond acceptors (Lipinski definition) is 5. The molecule has 2 atom stereocenters. The number of carbonyl (C=O) groups excluding carboxylic acids is 3. The molecular formula is C29H31Cl2F3N4O4. The molecule has 0 saturated carbocycles. The number of halogens is 5. The number of likely N-dealkylation sites (N-methyl/N-ethyl adjacent to an activating group) is 1. The van der Waals surface area contributed by atoms with E-state index in [1.807, 2.05) is 11.8 Å². The topological polar surface area (TPSA) is 82.2 Å². The molecular weight excluding hydrogens is 596 g/mol. The predicted octanol–water partition coefficient (Wildman–Crippen LogP) is 5.76. The van der Waals surface area contributed by atoms with E-state index in [-0.39, 0.29) is 52.8 Å². The van der Waals surface area contributed by atoms with Gasteiger partial charge in [0.1, 0.15) is 0 Å². The van der Waals surface area contributed by atoms with Gasteiger partial charge >= 0.3 is 18.2 Å². The third-order valence-electron chi connectivity index (χ3n) is 7.35. The zero-order valence-corrected chi connectivity index (χ0v) is 24.8. The molecule has 2 aliphatic rings. The van der Waals surface area contributed by atoms with Crippen LogP contribution >= 0.6 is 23.2 Å². The Balaban J connectivity index is 1.61. The Labute approximate surface area is 252 Å². The molecule has 2 aromatic rings. The highest BCUT2D eigenvalue weighted by molar-refractivity contribution is 6.42. The quantitative estimate of drug-likeness (QED) is 0.395. The molecule has 2 heterocycles. The predicted molar refractivity (Wildman–Crippen MR) is 152 cm³/mol. The highest BCUT2D eigenvalue weighted by Gasteiger charge is 2.40. The number of rotatable bonds is 7. The van der Waals surface area contributed by atoms with Crippen LogP contribution < -0.4 is 5.32 Å². The number of hydrogen-bond donors (Lipinski definition) is 1. The van der Waals surface area contributed by atoms with Crippen LogP contribution in [0.1, 0.15) is 48.3 Å². The van der Waals surface area contributed by atoms with Crippen molar-refractivity contribution in [1.29, 1.82) is 0 Å². The number of piperazine rings is 1. The van der Waals surface area contributed by atoms with Gasteiger partial charge in [0, 0.05) is 50.0 Å². The minimum atomic E-state index is -4.49. The lowest BCUT2D eigenvalue weighted by Crippen LogP contribution is -2.56. The van der Waals surface area contributed by atoms with E-state index >= 15 is 0 Å². The molecule has 0 aromatic heterocycles. The standard InChI is InChI=1S/C29H31Cl2F3N4O4/c1-4-37-22(23(27(40)42-5-2)25(35-28(37)41)20-7-6-8-21(30)24(20)31)16-36-13-14-38(17(3)15-36)26(39)18-9-11-19(12-10-18)29(32,33)34/h6-12,17,25H,4-5,13-16H2,1-3H3,(H,35,41)/t17-,25+/m1/s1. The molecule has 0 spiro atoms. The van der Waals surface area contributed by atoms with E-state index in [1.165, 1.54) is 17.0 Å². The first-order valence-corrected chi connectivity index (χ1v) is 14.3. The second kappa shape index (κ2) is 12.9. The molecule has 226 valence electrons. The van der Waals surface area contributed by atoms with Crippen LogP contribution in [0.15, 0.2) is 53.7 Å². The molecule has 8 nitrogen and oxygen atoms in total. The summed E-state index contributed by atoms with van der Waals surface area (Å²) < 4.78 is 44.3. The van der Waals surface area contributed by atoms with Crippen LogP contribution in [0.25, 0.3) is 0 Å². The lowest BCUT2D eigenvalue weighted by Gasteiger charge is -2.43. The van der Waals surface area contributed by atoms with Crippen molar-refractivity contribution in [1.82, 2.24) is 20.0 Å². The molecule has 42 heavy (non-hydrogen) atoms. The number of esters is 1. The molecule has 0 radical (unpaired) electrons. The summed E-state index contributed by atoms with van der Waals surface area (Å²) in [7, 11) is 0. The molecule has 0 bridgehead atoms. The van der Waals surface area contributed by atoms with E-state index < -0.39 is 29.8 Å². The van der Waals surface area contributed by atoms with E-state index in [0.29, 0.717) is 30.9 Å². The van der Waals surface area contributed by atoms with Gasteiger partial charge < -0.3 is 15.0 Å². The van der Waals surface area contributed by atoms with Gasteiger partial charge in [0.2, 0.25) is 0 Å². The third kappa shape index (κ3) is 6.53. The number of nitrogens with zero attached hydrogens (tertiary/aromatic N) is 3. The minimum absolute atomic E-state index is 0.119. The van der Waals surface area contributed by atoms with Crippen LogP contribution in [0, 0.1) is 0 Å². The molecule has 2 aromatic carbocycles. The van der Waals surface area contributed by atoms with Crippen molar-refractivity contribution in [3.63, 3.8) is 0 Å². The number of nitrogens with one attached hydrogen (secondary N) is 1. The summed E-state index contributed by atoms with van der Waals surface area (Å²) in [6.07, 6.45) is -4.49. The summed E-state index contributed by atoms with van der Waals surface area (Å²) in [5.41, 5.74) is 0.484. The molecule has 1 fully saturated rings. The third-order valence-corrected chi connectivity index (χ3v) is 8.18. The van der Waals surface area contributed by atoms with Gasteiger partial charge in [0.15, 0.2) is 0 Å². The number of urea groups is 1. The molecule has 1 N–H and O–H groups in total. The number of benzene rings is 2. The minimum Gasteiger partial charge on any atom is -0.463 e. The van der Waals surface area contributed by atoms with E-state index in [4.69, 9.17) is 27.9 Å². The molecule has 0 unspecified atom stereocenters. The van der Waals surface area contributed by atoms with E-state index in [9.17, 15) is 27.6 Å². The highest BCUT2D eigenvalue weighted by Crippen LogP contribution is 2.38.